The van der Waals surface area contributed by atoms with E-state index in [9.17, 15) is 0 Å². The van der Waals surface area contributed by atoms with Crippen LogP contribution in [0.25, 0.3) is 0 Å². The van der Waals surface area contributed by atoms with Crippen LogP contribution >= 0.6 is 23.4 Å². The summed E-state index contributed by atoms with van der Waals surface area (Å²) < 4.78 is 0. The molecule has 10 heavy (non-hydrogen) atoms. The van der Waals surface area contributed by atoms with Gasteiger partial charge in [0, 0.05) is 4.90 Å². The predicted molar refractivity (Wildman–Crippen MR) is 47.8 cm³/mol. The van der Waals surface area contributed by atoms with E-state index < -0.39 is 0 Å². The van der Waals surface area contributed by atoms with Crippen LogP contribution in [0.1, 0.15) is 5.56 Å². The molecule has 0 unspecified atom stereocenters. The van der Waals surface area contributed by atoms with Crippen molar-refractivity contribution in [2.75, 3.05) is 5.21 Å². The number of rotatable bonds is 2. The fourth-order valence-corrected chi connectivity index (χ4v) is 1.72. The van der Waals surface area contributed by atoms with Crippen LogP contribution < -0.4 is 0 Å². The summed E-state index contributed by atoms with van der Waals surface area (Å²) in [5.74, 6) is 0. The van der Waals surface area contributed by atoms with E-state index in [2.05, 4.69) is 19.1 Å². The average molecular weight is 173 g/mol. The summed E-state index contributed by atoms with van der Waals surface area (Å²) in [6, 6.07) is 8.24. The molecule has 0 aliphatic heterocycles. The van der Waals surface area contributed by atoms with E-state index in [1.54, 1.807) is 11.8 Å². The fourth-order valence-electron chi connectivity index (χ4n) is 0.777. The molecule has 0 N–H and O–H groups in total. The van der Waals surface area contributed by atoms with E-state index in [-0.39, 0.29) is 0 Å². The summed E-state index contributed by atoms with van der Waals surface area (Å²) in [6.45, 7) is 2.09. The van der Waals surface area contributed by atoms with Gasteiger partial charge in [-0.15, -0.1) is 23.4 Å². The highest BCUT2D eigenvalue weighted by atomic mass is 35.5. The number of aryl methyl sites for hydroxylation is 1. The number of benzene rings is 1. The first-order chi connectivity index (χ1) is 4.84. The second-order valence-electron chi connectivity index (χ2n) is 2.02. The van der Waals surface area contributed by atoms with Gasteiger partial charge < -0.3 is 0 Å². The van der Waals surface area contributed by atoms with Crippen LogP contribution in [0.2, 0.25) is 0 Å². The lowest BCUT2D eigenvalue weighted by atomic mass is 10.2. The molecule has 1 aromatic rings. The Morgan fingerprint density at radius 2 is 2.10 bits per heavy atom. The minimum atomic E-state index is 0.630. The molecule has 1 aromatic carbocycles. The first-order valence-electron chi connectivity index (χ1n) is 3.09. The smallest absolute Gasteiger partial charge is 0.0727 e. The van der Waals surface area contributed by atoms with Crippen molar-refractivity contribution in [1.29, 1.82) is 0 Å². The van der Waals surface area contributed by atoms with Crippen LogP contribution in [0, 0.1) is 6.92 Å². The Morgan fingerprint density at radius 1 is 1.40 bits per heavy atom. The molecule has 0 spiro atoms. The van der Waals surface area contributed by atoms with Crippen LogP contribution in [-0.4, -0.2) is 5.21 Å². The second kappa shape index (κ2) is 3.89. The van der Waals surface area contributed by atoms with E-state index in [1.807, 2.05) is 12.1 Å². The normalized spacial score (nSPS) is 9.80. The van der Waals surface area contributed by atoms with Gasteiger partial charge in [-0.25, -0.2) is 0 Å². The molecule has 0 aliphatic carbocycles. The molecule has 0 aliphatic rings. The Morgan fingerprint density at radius 3 is 2.70 bits per heavy atom. The van der Waals surface area contributed by atoms with Crippen molar-refractivity contribution in [3.8, 4) is 0 Å². The average Bonchev–Trinajstić information content (AvgIpc) is 1.94. The van der Waals surface area contributed by atoms with E-state index in [1.165, 1.54) is 10.5 Å². The van der Waals surface area contributed by atoms with Gasteiger partial charge in [0.2, 0.25) is 0 Å². The first-order valence-corrected chi connectivity index (χ1v) is 4.61. The van der Waals surface area contributed by atoms with Gasteiger partial charge in [-0.05, 0) is 18.6 Å². The molecule has 0 saturated carbocycles. The predicted octanol–water partition coefficient (Wildman–Crippen LogP) is 3.28. The molecule has 0 aromatic heterocycles. The molecule has 0 amide bonds. The molecule has 0 heterocycles. The Kier molecular flexibility index (Phi) is 3.10. The van der Waals surface area contributed by atoms with Crippen LogP contribution in [0.3, 0.4) is 0 Å². The Labute approximate surface area is 70.6 Å². The van der Waals surface area contributed by atoms with Crippen LogP contribution in [0.5, 0.6) is 0 Å². The van der Waals surface area contributed by atoms with Crippen molar-refractivity contribution >= 4 is 23.4 Å². The standard InChI is InChI=1S/C8H9ClS/c1-7-4-2-3-5-8(7)10-6-9/h2-5H,6H2,1H3. The van der Waals surface area contributed by atoms with Crippen molar-refractivity contribution in [3.63, 3.8) is 0 Å². The van der Waals surface area contributed by atoms with E-state index in [4.69, 9.17) is 11.6 Å². The van der Waals surface area contributed by atoms with Crippen molar-refractivity contribution in [2.45, 2.75) is 11.8 Å². The van der Waals surface area contributed by atoms with Gasteiger partial charge in [0.1, 0.15) is 0 Å². The third-order valence-electron chi connectivity index (χ3n) is 1.30. The van der Waals surface area contributed by atoms with Gasteiger partial charge in [-0.2, -0.15) is 0 Å². The molecule has 1 rings (SSSR count). The maximum atomic E-state index is 5.57. The van der Waals surface area contributed by atoms with Crippen molar-refractivity contribution in [1.82, 2.24) is 0 Å². The van der Waals surface area contributed by atoms with Gasteiger partial charge in [-0.3, -0.25) is 0 Å². The summed E-state index contributed by atoms with van der Waals surface area (Å²) >= 11 is 7.24. The molecule has 0 radical (unpaired) electrons. The molecule has 54 valence electrons. The zero-order valence-electron chi connectivity index (χ0n) is 5.80. The topological polar surface area (TPSA) is 0 Å². The summed E-state index contributed by atoms with van der Waals surface area (Å²) in [5.41, 5.74) is 1.30. The highest BCUT2D eigenvalue weighted by Gasteiger charge is 1.93. The lowest BCUT2D eigenvalue weighted by Gasteiger charge is -1.99. The zero-order chi connectivity index (χ0) is 7.40. The van der Waals surface area contributed by atoms with Gasteiger partial charge in [0.15, 0.2) is 0 Å². The van der Waals surface area contributed by atoms with Crippen LogP contribution in [0.15, 0.2) is 29.2 Å². The Bertz CT molecular complexity index is 210. The molecule has 0 atom stereocenters. The van der Waals surface area contributed by atoms with E-state index >= 15 is 0 Å². The molecular weight excluding hydrogens is 164 g/mol. The lowest BCUT2D eigenvalue weighted by Crippen LogP contribution is -1.76. The van der Waals surface area contributed by atoms with E-state index in [0.717, 1.165) is 0 Å². The molecular formula is C8H9ClS. The van der Waals surface area contributed by atoms with Gasteiger partial charge >= 0.3 is 0 Å². The number of alkyl halides is 1. The van der Waals surface area contributed by atoms with Crippen molar-refractivity contribution in [2.24, 2.45) is 0 Å². The van der Waals surface area contributed by atoms with Crippen molar-refractivity contribution in [3.05, 3.63) is 29.8 Å². The highest BCUT2D eigenvalue weighted by molar-refractivity contribution is 8.00. The molecule has 0 saturated heterocycles. The van der Waals surface area contributed by atoms with Crippen molar-refractivity contribution < 1.29 is 0 Å². The third kappa shape index (κ3) is 1.93. The molecule has 0 bridgehead atoms. The maximum absolute atomic E-state index is 5.57. The number of hydrogen-bond donors (Lipinski definition) is 0. The monoisotopic (exact) mass is 172 g/mol. The second-order valence-corrected chi connectivity index (χ2v) is 3.62. The van der Waals surface area contributed by atoms with Gasteiger partial charge in [-0.1, -0.05) is 18.2 Å². The Hall–Kier alpha value is -0.140. The quantitative estimate of drug-likeness (QED) is 0.488. The first kappa shape index (κ1) is 7.96. The summed E-state index contributed by atoms with van der Waals surface area (Å²) in [4.78, 5) is 1.28. The molecule has 2 heteroatoms. The van der Waals surface area contributed by atoms with Gasteiger partial charge in [0.25, 0.3) is 0 Å². The SMILES string of the molecule is Cc1ccccc1SCCl. The molecule has 0 fully saturated rings. The fraction of sp³-hybridized carbons (Fsp3) is 0.250. The summed E-state index contributed by atoms with van der Waals surface area (Å²) in [7, 11) is 0. The van der Waals surface area contributed by atoms with Crippen LogP contribution in [-0.2, 0) is 0 Å². The largest absolute Gasteiger partial charge is 0.114 e. The third-order valence-corrected chi connectivity index (χ3v) is 2.51. The number of hydrogen-bond acceptors (Lipinski definition) is 1. The molecule has 0 nitrogen and oxygen atoms in total. The van der Waals surface area contributed by atoms with E-state index in [0.29, 0.717) is 5.21 Å². The Balaban J connectivity index is 2.81. The highest BCUT2D eigenvalue weighted by Crippen LogP contribution is 2.21. The minimum absolute atomic E-state index is 0.630. The lowest BCUT2D eigenvalue weighted by molar-refractivity contribution is 1.31. The zero-order valence-corrected chi connectivity index (χ0v) is 7.38. The van der Waals surface area contributed by atoms with Gasteiger partial charge in [0.05, 0.1) is 5.21 Å². The van der Waals surface area contributed by atoms with Crippen LogP contribution in [0.4, 0.5) is 0 Å². The number of halogens is 1. The maximum Gasteiger partial charge on any atom is 0.0727 e. The summed E-state index contributed by atoms with van der Waals surface area (Å²) in [6.07, 6.45) is 0. The summed E-state index contributed by atoms with van der Waals surface area (Å²) in [5, 5.41) is 0.630. The number of thioether (sulfide) groups is 1. The minimum Gasteiger partial charge on any atom is -0.114 e.